The SMILES string of the molecule is CC(O)C(C)S(=O)(=O)[O-]. The molecule has 0 spiro atoms. The molecule has 9 heavy (non-hydrogen) atoms. The quantitative estimate of drug-likeness (QED) is 0.532. The minimum Gasteiger partial charge on any atom is -0.748 e. The maximum Gasteiger partial charge on any atom is 0.0998 e. The van der Waals surface area contributed by atoms with Crippen LogP contribution in [0.2, 0.25) is 0 Å². The Kier molecular flexibility index (Phi) is 2.60. The Labute approximate surface area is 54.3 Å². The van der Waals surface area contributed by atoms with E-state index in [9.17, 15) is 13.0 Å². The highest BCUT2D eigenvalue weighted by Crippen LogP contribution is 2.01. The minimum atomic E-state index is -4.30. The lowest BCUT2D eigenvalue weighted by Crippen LogP contribution is -2.28. The molecule has 1 N–H and O–H groups in total. The lowest BCUT2D eigenvalue weighted by atomic mass is 10.3. The van der Waals surface area contributed by atoms with Crippen molar-refractivity contribution in [2.75, 3.05) is 0 Å². The molecular formula is C4H9O4S-. The molecule has 0 radical (unpaired) electrons. The predicted octanol–water partition coefficient (Wildman–Crippen LogP) is -0.699. The topological polar surface area (TPSA) is 77.4 Å². The fourth-order valence-corrected chi connectivity index (χ4v) is 0.724. The Morgan fingerprint density at radius 3 is 1.78 bits per heavy atom. The average molecular weight is 153 g/mol. The summed E-state index contributed by atoms with van der Waals surface area (Å²) in [5.74, 6) is 0. The van der Waals surface area contributed by atoms with Gasteiger partial charge in [-0.1, -0.05) is 0 Å². The van der Waals surface area contributed by atoms with Gasteiger partial charge in [0.15, 0.2) is 0 Å². The van der Waals surface area contributed by atoms with Gasteiger partial charge in [-0.15, -0.1) is 0 Å². The zero-order valence-corrected chi connectivity index (χ0v) is 6.05. The largest absolute Gasteiger partial charge is 0.748 e. The third kappa shape index (κ3) is 2.78. The van der Waals surface area contributed by atoms with Gasteiger partial charge in [0.25, 0.3) is 0 Å². The lowest BCUT2D eigenvalue weighted by molar-refractivity contribution is 0.188. The third-order valence-electron chi connectivity index (χ3n) is 1.13. The van der Waals surface area contributed by atoms with E-state index in [0.29, 0.717) is 0 Å². The highest BCUT2D eigenvalue weighted by atomic mass is 32.2. The van der Waals surface area contributed by atoms with Crippen LogP contribution in [0.4, 0.5) is 0 Å². The summed E-state index contributed by atoms with van der Waals surface area (Å²) in [7, 11) is -4.30. The molecule has 2 atom stereocenters. The van der Waals surface area contributed by atoms with E-state index in [-0.39, 0.29) is 0 Å². The molecule has 0 fully saturated rings. The molecule has 2 unspecified atom stereocenters. The summed E-state index contributed by atoms with van der Waals surface area (Å²) in [5, 5.41) is 7.37. The lowest BCUT2D eigenvalue weighted by Gasteiger charge is -2.17. The summed E-state index contributed by atoms with van der Waals surface area (Å²) in [6, 6.07) is 0. The van der Waals surface area contributed by atoms with E-state index in [1.807, 2.05) is 0 Å². The molecule has 0 aliphatic carbocycles. The highest BCUT2D eigenvalue weighted by Gasteiger charge is 2.14. The van der Waals surface area contributed by atoms with E-state index in [0.717, 1.165) is 0 Å². The molecule has 0 aromatic carbocycles. The minimum absolute atomic E-state index is 1.09. The van der Waals surface area contributed by atoms with Crippen LogP contribution in [0.1, 0.15) is 13.8 Å². The third-order valence-corrected chi connectivity index (χ3v) is 2.44. The van der Waals surface area contributed by atoms with Crippen LogP contribution in [-0.2, 0) is 10.1 Å². The van der Waals surface area contributed by atoms with Gasteiger partial charge in [-0.2, -0.15) is 0 Å². The highest BCUT2D eigenvalue weighted by molar-refractivity contribution is 7.86. The van der Waals surface area contributed by atoms with Crippen LogP contribution in [0.5, 0.6) is 0 Å². The fraction of sp³-hybridized carbons (Fsp3) is 1.00. The Hall–Kier alpha value is -0.130. The molecule has 0 aliphatic rings. The van der Waals surface area contributed by atoms with Gasteiger partial charge < -0.3 is 9.66 Å². The standard InChI is InChI=1S/C4H10O4S/c1-3(5)4(2)9(6,7)8/h3-5H,1-2H3,(H,6,7,8)/p-1. The van der Waals surface area contributed by atoms with E-state index in [2.05, 4.69) is 0 Å². The molecule has 0 bridgehead atoms. The first-order chi connectivity index (χ1) is 3.85. The van der Waals surface area contributed by atoms with E-state index >= 15 is 0 Å². The number of aliphatic hydroxyl groups is 1. The summed E-state index contributed by atoms with van der Waals surface area (Å²) in [5.41, 5.74) is 0. The predicted molar refractivity (Wildman–Crippen MR) is 30.8 cm³/mol. The van der Waals surface area contributed by atoms with Crippen LogP contribution in [0, 0.1) is 0 Å². The van der Waals surface area contributed by atoms with Crippen molar-refractivity contribution in [1.82, 2.24) is 0 Å². The van der Waals surface area contributed by atoms with Gasteiger partial charge in [-0.25, -0.2) is 8.42 Å². The first-order valence-electron chi connectivity index (χ1n) is 2.48. The summed E-state index contributed by atoms with van der Waals surface area (Å²) in [4.78, 5) is 0. The normalized spacial score (nSPS) is 19.1. The molecular weight excluding hydrogens is 144 g/mol. The second kappa shape index (κ2) is 2.64. The monoisotopic (exact) mass is 153 g/mol. The molecule has 0 heterocycles. The van der Waals surface area contributed by atoms with E-state index in [1.165, 1.54) is 13.8 Å². The summed E-state index contributed by atoms with van der Waals surface area (Å²) < 4.78 is 30.2. The second-order valence-electron chi connectivity index (χ2n) is 1.94. The smallest absolute Gasteiger partial charge is 0.0998 e. The Morgan fingerprint density at radius 2 is 1.78 bits per heavy atom. The van der Waals surface area contributed by atoms with Crippen molar-refractivity contribution in [2.24, 2.45) is 0 Å². The molecule has 0 saturated carbocycles. The molecule has 0 amide bonds. The molecule has 56 valence electrons. The van der Waals surface area contributed by atoms with Gasteiger partial charge in [0.2, 0.25) is 0 Å². The maximum atomic E-state index is 10.1. The van der Waals surface area contributed by atoms with Crippen molar-refractivity contribution in [2.45, 2.75) is 25.2 Å². The van der Waals surface area contributed by atoms with Crippen LogP contribution in [0.3, 0.4) is 0 Å². The Bertz CT molecular complexity index is 169. The van der Waals surface area contributed by atoms with Crippen LogP contribution >= 0.6 is 0 Å². The Morgan fingerprint density at radius 1 is 1.44 bits per heavy atom. The van der Waals surface area contributed by atoms with Gasteiger partial charge in [0.05, 0.1) is 21.5 Å². The van der Waals surface area contributed by atoms with Gasteiger partial charge >= 0.3 is 0 Å². The van der Waals surface area contributed by atoms with Gasteiger partial charge in [-0.3, -0.25) is 0 Å². The molecule has 0 rings (SSSR count). The first-order valence-corrected chi connectivity index (χ1v) is 3.95. The summed E-state index contributed by atoms with van der Waals surface area (Å²) >= 11 is 0. The van der Waals surface area contributed by atoms with Crippen LogP contribution < -0.4 is 0 Å². The molecule has 0 aromatic heterocycles. The number of aliphatic hydroxyl groups excluding tert-OH is 1. The summed E-state index contributed by atoms with van der Waals surface area (Å²) in [6.45, 7) is 2.44. The molecule has 0 saturated heterocycles. The van der Waals surface area contributed by atoms with E-state index in [1.54, 1.807) is 0 Å². The molecule has 5 heteroatoms. The summed E-state index contributed by atoms with van der Waals surface area (Å²) in [6.07, 6.45) is -1.09. The van der Waals surface area contributed by atoms with E-state index < -0.39 is 21.5 Å². The zero-order chi connectivity index (χ0) is 7.65. The van der Waals surface area contributed by atoms with Gasteiger partial charge in [-0.05, 0) is 13.8 Å². The fourth-order valence-electron chi connectivity index (χ4n) is 0.241. The van der Waals surface area contributed by atoms with Crippen molar-refractivity contribution in [1.29, 1.82) is 0 Å². The number of rotatable bonds is 2. The molecule has 0 aromatic rings. The van der Waals surface area contributed by atoms with Crippen LogP contribution in [0.15, 0.2) is 0 Å². The van der Waals surface area contributed by atoms with E-state index in [4.69, 9.17) is 5.11 Å². The second-order valence-corrected chi connectivity index (χ2v) is 3.67. The zero-order valence-electron chi connectivity index (χ0n) is 5.23. The molecule has 4 nitrogen and oxygen atoms in total. The van der Waals surface area contributed by atoms with Crippen molar-refractivity contribution in [3.8, 4) is 0 Å². The molecule has 0 aliphatic heterocycles. The first kappa shape index (κ1) is 8.87. The van der Waals surface area contributed by atoms with Crippen molar-refractivity contribution in [3.05, 3.63) is 0 Å². The van der Waals surface area contributed by atoms with Crippen LogP contribution in [0.25, 0.3) is 0 Å². The van der Waals surface area contributed by atoms with Crippen molar-refractivity contribution < 1.29 is 18.1 Å². The number of hydrogen-bond donors (Lipinski definition) is 1. The van der Waals surface area contributed by atoms with Gasteiger partial charge in [0.1, 0.15) is 0 Å². The number of hydrogen-bond acceptors (Lipinski definition) is 4. The van der Waals surface area contributed by atoms with Crippen LogP contribution in [-0.4, -0.2) is 29.4 Å². The van der Waals surface area contributed by atoms with Crippen molar-refractivity contribution >= 4 is 10.1 Å². The van der Waals surface area contributed by atoms with Crippen molar-refractivity contribution in [3.63, 3.8) is 0 Å². The Balaban J connectivity index is 4.24. The maximum absolute atomic E-state index is 10.1. The average Bonchev–Trinajstić information content (AvgIpc) is 1.62. The van der Waals surface area contributed by atoms with Gasteiger partial charge in [0, 0.05) is 0 Å².